The van der Waals surface area contributed by atoms with Gasteiger partial charge in [0.25, 0.3) is 0 Å². The van der Waals surface area contributed by atoms with E-state index in [0.717, 1.165) is 10.8 Å². The molecule has 1 heterocycles. The first kappa shape index (κ1) is 11.5. The van der Waals surface area contributed by atoms with Crippen molar-refractivity contribution in [3.63, 3.8) is 0 Å². The minimum Gasteiger partial charge on any atom is -0.396 e. The van der Waals surface area contributed by atoms with Crippen LogP contribution in [0.1, 0.15) is 0 Å². The highest BCUT2D eigenvalue weighted by atomic mass is 35.5. The van der Waals surface area contributed by atoms with Gasteiger partial charge < -0.3 is 5.11 Å². The maximum Gasteiger partial charge on any atom is 0.172 e. The number of nitrogens with zero attached hydrogens (tertiary/aromatic N) is 2. The number of aliphatic hydroxyl groups is 1. The summed E-state index contributed by atoms with van der Waals surface area (Å²) in [4.78, 5) is 4.23. The molecular formula is C11H11ClN2OS. The third-order valence-corrected chi connectivity index (χ3v) is 3.31. The van der Waals surface area contributed by atoms with Gasteiger partial charge in [-0.15, -0.1) is 0 Å². The zero-order valence-corrected chi connectivity index (χ0v) is 10.1. The summed E-state index contributed by atoms with van der Waals surface area (Å²) in [5, 5.41) is 10.3. The first-order valence-electron chi connectivity index (χ1n) is 4.85. The van der Waals surface area contributed by atoms with Crippen LogP contribution in [0.4, 0.5) is 0 Å². The summed E-state index contributed by atoms with van der Waals surface area (Å²) < 4.78 is 1.92. The van der Waals surface area contributed by atoms with Gasteiger partial charge in [0.2, 0.25) is 0 Å². The molecule has 0 spiro atoms. The van der Waals surface area contributed by atoms with Gasteiger partial charge in [-0.25, -0.2) is 4.98 Å². The molecule has 1 aromatic heterocycles. The lowest BCUT2D eigenvalue weighted by atomic mass is 10.3. The molecule has 0 atom stereocenters. The van der Waals surface area contributed by atoms with Gasteiger partial charge >= 0.3 is 0 Å². The number of halogens is 1. The highest BCUT2D eigenvalue weighted by Crippen LogP contribution is 2.25. The molecule has 5 heteroatoms. The molecule has 0 aliphatic carbocycles. The second kappa shape index (κ2) is 5.39. The van der Waals surface area contributed by atoms with Crippen molar-refractivity contribution in [1.82, 2.24) is 9.55 Å². The number of aromatic nitrogens is 2. The number of hydrogen-bond donors (Lipinski definition) is 1. The van der Waals surface area contributed by atoms with Crippen molar-refractivity contribution in [2.24, 2.45) is 0 Å². The zero-order chi connectivity index (χ0) is 11.4. The van der Waals surface area contributed by atoms with Crippen molar-refractivity contribution in [2.45, 2.75) is 5.16 Å². The van der Waals surface area contributed by atoms with Crippen LogP contribution in [0.5, 0.6) is 0 Å². The van der Waals surface area contributed by atoms with Gasteiger partial charge in [0.05, 0.1) is 17.3 Å². The fourth-order valence-electron chi connectivity index (χ4n) is 1.36. The summed E-state index contributed by atoms with van der Waals surface area (Å²) in [6.45, 7) is 0.139. The SMILES string of the molecule is OCCSc1nccn1-c1ccccc1Cl. The van der Waals surface area contributed by atoms with E-state index in [2.05, 4.69) is 4.98 Å². The molecule has 0 saturated heterocycles. The standard InChI is InChI=1S/C11H11ClN2OS/c12-9-3-1-2-4-10(9)14-6-5-13-11(14)16-8-7-15/h1-6,15H,7-8H2. The van der Waals surface area contributed by atoms with Gasteiger partial charge in [-0.1, -0.05) is 35.5 Å². The van der Waals surface area contributed by atoms with Crippen molar-refractivity contribution >= 4 is 23.4 Å². The van der Waals surface area contributed by atoms with Gasteiger partial charge in [0, 0.05) is 18.1 Å². The van der Waals surface area contributed by atoms with E-state index < -0.39 is 0 Å². The zero-order valence-electron chi connectivity index (χ0n) is 8.51. The lowest BCUT2D eigenvalue weighted by Crippen LogP contribution is -1.97. The fourth-order valence-corrected chi connectivity index (χ4v) is 2.30. The fraction of sp³-hybridized carbons (Fsp3) is 0.182. The second-order valence-electron chi connectivity index (χ2n) is 3.10. The molecule has 2 rings (SSSR count). The van der Waals surface area contributed by atoms with Crippen LogP contribution in [-0.2, 0) is 0 Å². The molecule has 1 N–H and O–H groups in total. The Morgan fingerprint density at radius 1 is 1.38 bits per heavy atom. The monoisotopic (exact) mass is 254 g/mol. The molecule has 2 aromatic rings. The third kappa shape index (κ3) is 2.40. The topological polar surface area (TPSA) is 38.1 Å². The van der Waals surface area contributed by atoms with Crippen LogP contribution in [0, 0.1) is 0 Å². The largest absolute Gasteiger partial charge is 0.396 e. The number of para-hydroxylation sites is 1. The Morgan fingerprint density at radius 2 is 2.19 bits per heavy atom. The van der Waals surface area contributed by atoms with Crippen molar-refractivity contribution in [2.75, 3.05) is 12.4 Å². The summed E-state index contributed by atoms with van der Waals surface area (Å²) in [7, 11) is 0. The average Bonchev–Trinajstić information content (AvgIpc) is 2.75. The third-order valence-electron chi connectivity index (χ3n) is 2.04. The second-order valence-corrected chi connectivity index (χ2v) is 4.57. The van der Waals surface area contributed by atoms with E-state index in [9.17, 15) is 0 Å². The first-order chi connectivity index (χ1) is 7.83. The maximum absolute atomic E-state index is 8.80. The van der Waals surface area contributed by atoms with Gasteiger partial charge in [-0.2, -0.15) is 0 Å². The number of aliphatic hydroxyl groups excluding tert-OH is 1. The minimum atomic E-state index is 0.139. The number of thioether (sulfide) groups is 1. The molecule has 16 heavy (non-hydrogen) atoms. The molecule has 84 valence electrons. The Balaban J connectivity index is 2.33. The normalized spacial score (nSPS) is 10.6. The highest BCUT2D eigenvalue weighted by molar-refractivity contribution is 7.99. The van der Waals surface area contributed by atoms with Crippen molar-refractivity contribution in [1.29, 1.82) is 0 Å². The Hall–Kier alpha value is -0.970. The number of hydrogen-bond acceptors (Lipinski definition) is 3. The molecule has 0 fully saturated rings. The van der Waals surface area contributed by atoms with Gasteiger partial charge in [0.1, 0.15) is 0 Å². The van der Waals surface area contributed by atoms with E-state index in [1.165, 1.54) is 11.8 Å². The highest BCUT2D eigenvalue weighted by Gasteiger charge is 2.07. The Kier molecular flexibility index (Phi) is 3.88. The smallest absolute Gasteiger partial charge is 0.172 e. The van der Waals surface area contributed by atoms with E-state index in [0.29, 0.717) is 10.8 Å². The molecule has 0 unspecified atom stereocenters. The lowest BCUT2D eigenvalue weighted by molar-refractivity contribution is 0.322. The van der Waals surface area contributed by atoms with Crippen molar-refractivity contribution in [3.05, 3.63) is 41.7 Å². The Bertz CT molecular complexity index is 473. The van der Waals surface area contributed by atoms with Crippen LogP contribution in [0.2, 0.25) is 5.02 Å². The minimum absolute atomic E-state index is 0.139. The van der Waals surface area contributed by atoms with Crippen LogP contribution in [0.15, 0.2) is 41.8 Å². The van der Waals surface area contributed by atoms with E-state index in [-0.39, 0.29) is 6.61 Å². The van der Waals surface area contributed by atoms with Gasteiger partial charge in [-0.05, 0) is 12.1 Å². The van der Waals surface area contributed by atoms with E-state index in [1.807, 2.05) is 35.0 Å². The van der Waals surface area contributed by atoms with Gasteiger partial charge in [-0.3, -0.25) is 4.57 Å². The first-order valence-corrected chi connectivity index (χ1v) is 6.21. The van der Waals surface area contributed by atoms with E-state index in [4.69, 9.17) is 16.7 Å². The summed E-state index contributed by atoms with van der Waals surface area (Å²) in [6, 6.07) is 7.61. The number of benzene rings is 1. The van der Waals surface area contributed by atoms with Crippen LogP contribution in [-0.4, -0.2) is 27.0 Å². The Morgan fingerprint density at radius 3 is 2.94 bits per heavy atom. The van der Waals surface area contributed by atoms with Crippen molar-refractivity contribution < 1.29 is 5.11 Å². The van der Waals surface area contributed by atoms with Crippen LogP contribution in [0.25, 0.3) is 5.69 Å². The molecule has 1 aromatic carbocycles. The molecule has 3 nitrogen and oxygen atoms in total. The maximum atomic E-state index is 8.80. The average molecular weight is 255 g/mol. The van der Waals surface area contributed by atoms with E-state index >= 15 is 0 Å². The summed E-state index contributed by atoms with van der Waals surface area (Å²) in [5.41, 5.74) is 0.905. The van der Waals surface area contributed by atoms with Crippen LogP contribution >= 0.6 is 23.4 Å². The lowest BCUT2D eigenvalue weighted by Gasteiger charge is -2.08. The summed E-state index contributed by atoms with van der Waals surface area (Å²) >= 11 is 7.61. The van der Waals surface area contributed by atoms with Gasteiger partial charge in [0.15, 0.2) is 5.16 Å². The van der Waals surface area contributed by atoms with Crippen LogP contribution < -0.4 is 0 Å². The number of rotatable bonds is 4. The molecule has 0 aliphatic heterocycles. The Labute approximate surface area is 103 Å². The molecule has 0 radical (unpaired) electrons. The number of imidazole rings is 1. The molecule has 0 amide bonds. The molecule has 0 aliphatic rings. The summed E-state index contributed by atoms with van der Waals surface area (Å²) in [6.07, 6.45) is 3.59. The predicted molar refractivity (Wildman–Crippen MR) is 66.4 cm³/mol. The van der Waals surface area contributed by atoms with Crippen molar-refractivity contribution in [3.8, 4) is 5.69 Å². The molecular weight excluding hydrogens is 244 g/mol. The predicted octanol–water partition coefficient (Wildman–Crippen LogP) is 2.61. The van der Waals surface area contributed by atoms with Crippen LogP contribution in [0.3, 0.4) is 0 Å². The molecule has 0 saturated carbocycles. The molecule has 0 bridgehead atoms. The summed E-state index contributed by atoms with van der Waals surface area (Å²) in [5.74, 6) is 0.626. The van der Waals surface area contributed by atoms with E-state index in [1.54, 1.807) is 6.20 Å². The quantitative estimate of drug-likeness (QED) is 0.853.